The third-order valence-electron chi connectivity index (χ3n) is 2.44. The summed E-state index contributed by atoms with van der Waals surface area (Å²) in [4.78, 5) is 2.51. The molecule has 1 nitrogen and oxygen atoms in total. The Morgan fingerprint density at radius 2 is 2.36 bits per heavy atom. The van der Waals surface area contributed by atoms with E-state index in [-0.39, 0.29) is 0 Å². The van der Waals surface area contributed by atoms with E-state index in [0.29, 0.717) is 0 Å². The summed E-state index contributed by atoms with van der Waals surface area (Å²) < 4.78 is 0. The van der Waals surface area contributed by atoms with Crippen molar-refractivity contribution in [2.75, 3.05) is 19.6 Å². The van der Waals surface area contributed by atoms with E-state index in [2.05, 4.69) is 25.3 Å². The van der Waals surface area contributed by atoms with Crippen molar-refractivity contribution >= 4 is 0 Å². The summed E-state index contributed by atoms with van der Waals surface area (Å²) in [6.45, 7) is 12.0. The first-order valence-electron chi connectivity index (χ1n) is 4.59. The summed E-state index contributed by atoms with van der Waals surface area (Å²) in [5.74, 6) is 0.953. The van der Waals surface area contributed by atoms with Crippen LogP contribution in [0, 0.1) is 5.92 Å². The van der Waals surface area contributed by atoms with E-state index in [1.165, 1.54) is 31.5 Å². The van der Waals surface area contributed by atoms with Crippen molar-refractivity contribution in [2.24, 2.45) is 5.92 Å². The lowest BCUT2D eigenvalue weighted by molar-refractivity contribution is 0.349. The van der Waals surface area contributed by atoms with Crippen molar-refractivity contribution in [1.82, 2.24) is 4.90 Å². The third kappa shape index (κ3) is 2.66. The van der Waals surface area contributed by atoms with Gasteiger partial charge in [0.05, 0.1) is 0 Å². The average molecular weight is 153 g/mol. The zero-order valence-electron chi connectivity index (χ0n) is 7.77. The van der Waals surface area contributed by atoms with Crippen molar-refractivity contribution in [3.63, 3.8) is 0 Å². The van der Waals surface area contributed by atoms with Gasteiger partial charge in [0, 0.05) is 13.1 Å². The monoisotopic (exact) mass is 153 g/mol. The Kier molecular flexibility index (Phi) is 3.13. The Morgan fingerprint density at radius 1 is 1.64 bits per heavy atom. The summed E-state index contributed by atoms with van der Waals surface area (Å²) in [7, 11) is 0. The molecule has 0 N–H and O–H groups in total. The summed E-state index contributed by atoms with van der Waals surface area (Å²) in [6, 6.07) is 0. The normalized spacial score (nSPS) is 25.8. The van der Waals surface area contributed by atoms with Crippen LogP contribution >= 0.6 is 0 Å². The molecule has 64 valence electrons. The Balaban J connectivity index is 2.24. The number of rotatable bonds is 3. The molecule has 1 aliphatic rings. The molecule has 0 saturated carbocycles. The molecule has 1 heteroatoms. The van der Waals surface area contributed by atoms with Crippen LogP contribution in [0.4, 0.5) is 0 Å². The van der Waals surface area contributed by atoms with Gasteiger partial charge in [-0.1, -0.05) is 25.5 Å². The van der Waals surface area contributed by atoms with Crippen LogP contribution in [0.1, 0.15) is 26.7 Å². The van der Waals surface area contributed by atoms with Gasteiger partial charge in [0.1, 0.15) is 0 Å². The third-order valence-corrected chi connectivity index (χ3v) is 2.44. The smallest absolute Gasteiger partial charge is 0.0187 e. The van der Waals surface area contributed by atoms with Gasteiger partial charge in [-0.05, 0) is 25.8 Å². The van der Waals surface area contributed by atoms with Gasteiger partial charge in [0.25, 0.3) is 0 Å². The lowest BCUT2D eigenvalue weighted by atomic mass is 10.1. The van der Waals surface area contributed by atoms with E-state index in [1.54, 1.807) is 0 Å². The molecule has 1 saturated heterocycles. The predicted octanol–water partition coefficient (Wildman–Crippen LogP) is 2.29. The van der Waals surface area contributed by atoms with Gasteiger partial charge in [-0.3, -0.25) is 4.90 Å². The van der Waals surface area contributed by atoms with E-state index >= 15 is 0 Å². The van der Waals surface area contributed by atoms with Gasteiger partial charge in [-0.25, -0.2) is 0 Å². The maximum absolute atomic E-state index is 3.93. The van der Waals surface area contributed by atoms with E-state index in [9.17, 15) is 0 Å². The zero-order valence-corrected chi connectivity index (χ0v) is 7.77. The van der Waals surface area contributed by atoms with Crippen molar-refractivity contribution in [2.45, 2.75) is 26.7 Å². The van der Waals surface area contributed by atoms with E-state index in [1.807, 2.05) is 0 Å². The highest BCUT2D eigenvalue weighted by Crippen LogP contribution is 2.19. The number of hydrogen-bond donors (Lipinski definition) is 0. The average Bonchev–Trinajstić information content (AvgIpc) is 2.34. The second kappa shape index (κ2) is 3.91. The maximum Gasteiger partial charge on any atom is 0.0187 e. The number of hydrogen-bond acceptors (Lipinski definition) is 1. The highest BCUT2D eigenvalue weighted by Gasteiger charge is 2.19. The Morgan fingerprint density at radius 3 is 2.82 bits per heavy atom. The molecule has 0 aromatic rings. The zero-order chi connectivity index (χ0) is 8.27. The Hall–Kier alpha value is -0.300. The first-order valence-corrected chi connectivity index (χ1v) is 4.59. The lowest BCUT2D eigenvalue weighted by Crippen LogP contribution is -2.22. The minimum atomic E-state index is 0.953. The molecule has 0 radical (unpaired) electrons. The molecule has 0 bridgehead atoms. The molecule has 1 fully saturated rings. The largest absolute Gasteiger partial charge is 0.299 e. The molecule has 0 amide bonds. The Labute approximate surface area is 70.1 Å². The standard InChI is InChI=1S/C10H19N/c1-4-10-5-6-11(8-10)7-9(2)3/h10H,2,4-8H2,1,3H3. The SMILES string of the molecule is C=C(C)CN1CCC(CC)C1. The molecule has 11 heavy (non-hydrogen) atoms. The first kappa shape index (κ1) is 8.79. The van der Waals surface area contributed by atoms with Gasteiger partial charge in [-0.2, -0.15) is 0 Å². The van der Waals surface area contributed by atoms with Crippen molar-refractivity contribution in [1.29, 1.82) is 0 Å². The summed E-state index contributed by atoms with van der Waals surface area (Å²) in [6.07, 6.45) is 2.73. The Bertz CT molecular complexity index is 140. The minimum Gasteiger partial charge on any atom is -0.299 e. The summed E-state index contributed by atoms with van der Waals surface area (Å²) in [5.41, 5.74) is 1.29. The molecule has 1 unspecified atom stereocenters. The van der Waals surface area contributed by atoms with Gasteiger partial charge >= 0.3 is 0 Å². The van der Waals surface area contributed by atoms with Crippen LogP contribution in [0.25, 0.3) is 0 Å². The summed E-state index contributed by atoms with van der Waals surface area (Å²) in [5, 5.41) is 0. The van der Waals surface area contributed by atoms with Crippen molar-refractivity contribution in [3.05, 3.63) is 12.2 Å². The molecule has 0 aromatic carbocycles. The molecule has 0 spiro atoms. The minimum absolute atomic E-state index is 0.953. The number of nitrogens with zero attached hydrogens (tertiary/aromatic N) is 1. The molecular formula is C10H19N. The molecule has 1 aliphatic heterocycles. The summed E-state index contributed by atoms with van der Waals surface area (Å²) >= 11 is 0. The maximum atomic E-state index is 3.93. The van der Waals surface area contributed by atoms with Crippen LogP contribution < -0.4 is 0 Å². The molecule has 1 atom stereocenters. The quantitative estimate of drug-likeness (QED) is 0.562. The van der Waals surface area contributed by atoms with Crippen LogP contribution in [0.3, 0.4) is 0 Å². The molecule has 1 rings (SSSR count). The fraction of sp³-hybridized carbons (Fsp3) is 0.800. The fourth-order valence-electron chi connectivity index (χ4n) is 1.77. The van der Waals surface area contributed by atoms with Crippen LogP contribution in [0.2, 0.25) is 0 Å². The molecule has 0 aliphatic carbocycles. The molecule has 1 heterocycles. The predicted molar refractivity (Wildman–Crippen MR) is 49.7 cm³/mol. The second-order valence-corrected chi connectivity index (χ2v) is 3.76. The fourth-order valence-corrected chi connectivity index (χ4v) is 1.77. The van der Waals surface area contributed by atoms with Gasteiger partial charge in [0.2, 0.25) is 0 Å². The number of likely N-dealkylation sites (tertiary alicyclic amines) is 1. The van der Waals surface area contributed by atoms with Crippen LogP contribution in [0.5, 0.6) is 0 Å². The van der Waals surface area contributed by atoms with Gasteiger partial charge in [-0.15, -0.1) is 0 Å². The first-order chi connectivity index (χ1) is 5.22. The van der Waals surface area contributed by atoms with E-state index < -0.39 is 0 Å². The van der Waals surface area contributed by atoms with Crippen LogP contribution in [0.15, 0.2) is 12.2 Å². The van der Waals surface area contributed by atoms with E-state index in [4.69, 9.17) is 0 Å². The van der Waals surface area contributed by atoms with Gasteiger partial charge < -0.3 is 0 Å². The van der Waals surface area contributed by atoms with Crippen LogP contribution in [-0.2, 0) is 0 Å². The topological polar surface area (TPSA) is 3.24 Å². The lowest BCUT2D eigenvalue weighted by Gasteiger charge is -2.14. The van der Waals surface area contributed by atoms with Crippen LogP contribution in [-0.4, -0.2) is 24.5 Å². The molecule has 0 aromatic heterocycles. The van der Waals surface area contributed by atoms with Crippen molar-refractivity contribution in [3.8, 4) is 0 Å². The second-order valence-electron chi connectivity index (χ2n) is 3.76. The highest BCUT2D eigenvalue weighted by molar-refractivity contribution is 4.93. The van der Waals surface area contributed by atoms with Crippen molar-refractivity contribution < 1.29 is 0 Å². The van der Waals surface area contributed by atoms with E-state index in [0.717, 1.165) is 12.5 Å². The van der Waals surface area contributed by atoms with Gasteiger partial charge in [0.15, 0.2) is 0 Å². The highest BCUT2D eigenvalue weighted by atomic mass is 15.1. The molecular weight excluding hydrogens is 134 g/mol.